The fraction of sp³-hybridized carbons (Fsp3) is 0.417. The van der Waals surface area contributed by atoms with Crippen molar-refractivity contribution in [3.8, 4) is 11.5 Å². The van der Waals surface area contributed by atoms with Gasteiger partial charge in [0.15, 0.2) is 0 Å². The van der Waals surface area contributed by atoms with Gasteiger partial charge >= 0.3 is 0 Å². The second kappa shape index (κ2) is 6.39. The Bertz CT molecular complexity index is 393. The van der Waals surface area contributed by atoms with E-state index >= 15 is 0 Å². The van der Waals surface area contributed by atoms with Crippen molar-refractivity contribution in [2.75, 3.05) is 19.5 Å². The number of hydrogen-bond donors (Lipinski definition) is 1. The fourth-order valence-corrected chi connectivity index (χ4v) is 1.86. The summed E-state index contributed by atoms with van der Waals surface area (Å²) in [5, 5.41) is 2.92. The average molecular weight is 255 g/mol. The number of carbonyl (C=O) groups excluding carboxylic acids is 1. The number of rotatable bonds is 4. The zero-order valence-corrected chi connectivity index (χ0v) is 11.3. The minimum absolute atomic E-state index is 0.105. The zero-order chi connectivity index (χ0) is 12.8. The monoisotopic (exact) mass is 255 g/mol. The molecule has 0 saturated heterocycles. The Hall–Kier alpha value is -1.36. The Balaban J connectivity index is 2.83. The molecule has 4 nitrogen and oxygen atoms in total. The molecule has 0 aliphatic heterocycles. The number of amides is 1. The van der Waals surface area contributed by atoms with Gasteiger partial charge in [0.2, 0.25) is 0 Å². The molecule has 94 valence electrons. The Kier molecular flexibility index (Phi) is 5.15. The van der Waals surface area contributed by atoms with E-state index in [4.69, 9.17) is 9.47 Å². The maximum Gasteiger partial charge on any atom is 0.283 e. The number of thioether (sulfide) groups is 1. The number of hydrogen-bond acceptors (Lipinski definition) is 4. The van der Waals surface area contributed by atoms with Gasteiger partial charge in [-0.05, 0) is 12.1 Å². The van der Waals surface area contributed by atoms with Crippen molar-refractivity contribution in [3.63, 3.8) is 0 Å². The number of anilines is 1. The van der Waals surface area contributed by atoms with E-state index in [1.165, 1.54) is 11.8 Å². The molecule has 1 rings (SSSR count). The molecule has 0 unspecified atom stereocenters. The van der Waals surface area contributed by atoms with E-state index in [9.17, 15) is 4.79 Å². The van der Waals surface area contributed by atoms with Crippen LogP contribution in [0.5, 0.6) is 11.5 Å². The van der Waals surface area contributed by atoms with Gasteiger partial charge in [-0.2, -0.15) is 0 Å². The van der Waals surface area contributed by atoms with Gasteiger partial charge in [-0.1, -0.05) is 25.6 Å². The average Bonchev–Trinajstić information content (AvgIpc) is 2.27. The lowest BCUT2D eigenvalue weighted by Crippen LogP contribution is -2.09. The Morgan fingerprint density at radius 1 is 1.29 bits per heavy atom. The molecule has 1 amide bonds. The standard InChI is InChI=1S/C12H17NO3S/c1-8(2)17-12(14)13-10-7-9(15-3)5-6-11(10)16-4/h5-8H,1-4H3,(H,13,14). The van der Waals surface area contributed by atoms with Crippen LogP contribution >= 0.6 is 11.8 Å². The highest BCUT2D eigenvalue weighted by molar-refractivity contribution is 8.14. The summed E-state index contributed by atoms with van der Waals surface area (Å²) in [7, 11) is 3.14. The Morgan fingerprint density at radius 3 is 2.53 bits per heavy atom. The molecule has 0 bridgehead atoms. The number of ether oxygens (including phenoxy) is 2. The zero-order valence-electron chi connectivity index (χ0n) is 10.4. The smallest absolute Gasteiger partial charge is 0.283 e. The molecule has 0 radical (unpaired) electrons. The summed E-state index contributed by atoms with van der Waals surface area (Å²) in [6, 6.07) is 5.27. The van der Waals surface area contributed by atoms with Crippen LogP contribution in [0.2, 0.25) is 0 Å². The van der Waals surface area contributed by atoms with Gasteiger partial charge in [0.1, 0.15) is 11.5 Å². The summed E-state index contributed by atoms with van der Waals surface area (Å²) >= 11 is 1.24. The molecule has 0 aliphatic carbocycles. The van der Waals surface area contributed by atoms with Crippen molar-refractivity contribution >= 4 is 22.7 Å². The van der Waals surface area contributed by atoms with Crippen LogP contribution in [0.15, 0.2) is 18.2 Å². The predicted molar refractivity (Wildman–Crippen MR) is 71.3 cm³/mol. The van der Waals surface area contributed by atoms with Gasteiger partial charge in [0, 0.05) is 11.3 Å². The van der Waals surface area contributed by atoms with Gasteiger partial charge in [-0.3, -0.25) is 4.79 Å². The van der Waals surface area contributed by atoms with E-state index in [1.54, 1.807) is 32.4 Å². The lowest BCUT2D eigenvalue weighted by atomic mass is 10.3. The summed E-state index contributed by atoms with van der Waals surface area (Å²) in [6.45, 7) is 3.93. The van der Waals surface area contributed by atoms with Crippen molar-refractivity contribution in [2.24, 2.45) is 0 Å². The first-order valence-corrected chi connectivity index (χ1v) is 6.14. The van der Waals surface area contributed by atoms with Crippen LogP contribution in [-0.2, 0) is 0 Å². The molecular weight excluding hydrogens is 238 g/mol. The molecule has 0 heterocycles. The van der Waals surface area contributed by atoms with Crippen molar-refractivity contribution in [1.82, 2.24) is 0 Å². The van der Waals surface area contributed by atoms with Gasteiger partial charge in [-0.15, -0.1) is 0 Å². The van der Waals surface area contributed by atoms with E-state index in [1.807, 2.05) is 13.8 Å². The van der Waals surface area contributed by atoms with E-state index in [2.05, 4.69) is 5.32 Å². The third-order valence-electron chi connectivity index (χ3n) is 1.99. The van der Waals surface area contributed by atoms with E-state index in [-0.39, 0.29) is 10.5 Å². The third-order valence-corrected chi connectivity index (χ3v) is 2.77. The van der Waals surface area contributed by atoms with Gasteiger partial charge < -0.3 is 14.8 Å². The number of nitrogens with one attached hydrogen (secondary N) is 1. The van der Waals surface area contributed by atoms with Crippen molar-refractivity contribution in [3.05, 3.63) is 18.2 Å². The summed E-state index contributed by atoms with van der Waals surface area (Å²) < 4.78 is 10.3. The van der Waals surface area contributed by atoms with Gasteiger partial charge in [0.25, 0.3) is 5.24 Å². The molecule has 0 saturated carbocycles. The molecule has 17 heavy (non-hydrogen) atoms. The molecule has 0 aliphatic rings. The van der Waals surface area contributed by atoms with E-state index < -0.39 is 0 Å². The van der Waals surface area contributed by atoms with Crippen LogP contribution in [0.3, 0.4) is 0 Å². The van der Waals surface area contributed by atoms with Crippen LogP contribution < -0.4 is 14.8 Å². The van der Waals surface area contributed by atoms with E-state index in [0.717, 1.165) is 0 Å². The van der Waals surface area contributed by atoms with Crippen LogP contribution in [0.25, 0.3) is 0 Å². The number of benzene rings is 1. The van der Waals surface area contributed by atoms with E-state index in [0.29, 0.717) is 17.2 Å². The Morgan fingerprint density at radius 2 is 2.00 bits per heavy atom. The Labute approximate surface area is 106 Å². The van der Waals surface area contributed by atoms with Crippen LogP contribution in [0.1, 0.15) is 13.8 Å². The normalized spacial score (nSPS) is 10.2. The minimum atomic E-state index is -0.105. The highest BCUT2D eigenvalue weighted by Gasteiger charge is 2.10. The second-order valence-corrected chi connectivity index (χ2v) is 5.19. The summed E-state index contributed by atoms with van der Waals surface area (Å²) in [5.41, 5.74) is 0.616. The molecule has 0 aromatic heterocycles. The number of carbonyl (C=O) groups is 1. The molecule has 5 heteroatoms. The first kappa shape index (κ1) is 13.7. The highest BCUT2D eigenvalue weighted by atomic mass is 32.2. The largest absolute Gasteiger partial charge is 0.497 e. The van der Waals surface area contributed by atoms with Crippen molar-refractivity contribution in [1.29, 1.82) is 0 Å². The minimum Gasteiger partial charge on any atom is -0.497 e. The topological polar surface area (TPSA) is 47.6 Å². The summed E-state index contributed by atoms with van der Waals surface area (Å²) in [6.07, 6.45) is 0. The summed E-state index contributed by atoms with van der Waals surface area (Å²) in [5.74, 6) is 1.29. The first-order valence-electron chi connectivity index (χ1n) is 5.26. The maximum absolute atomic E-state index is 11.6. The molecule has 1 N–H and O–H groups in total. The van der Waals surface area contributed by atoms with Gasteiger partial charge in [-0.25, -0.2) is 0 Å². The maximum atomic E-state index is 11.6. The predicted octanol–water partition coefficient (Wildman–Crippen LogP) is 3.38. The quantitative estimate of drug-likeness (QED) is 0.896. The highest BCUT2D eigenvalue weighted by Crippen LogP contribution is 2.30. The lowest BCUT2D eigenvalue weighted by Gasteiger charge is -2.12. The van der Waals surface area contributed by atoms with Crippen molar-refractivity contribution < 1.29 is 14.3 Å². The van der Waals surface area contributed by atoms with Crippen LogP contribution in [0.4, 0.5) is 10.5 Å². The molecule has 0 spiro atoms. The summed E-state index contributed by atoms with van der Waals surface area (Å²) in [4.78, 5) is 11.6. The van der Waals surface area contributed by atoms with Crippen LogP contribution in [-0.4, -0.2) is 24.7 Å². The molecule has 0 fully saturated rings. The second-order valence-electron chi connectivity index (χ2n) is 3.65. The van der Waals surface area contributed by atoms with Crippen LogP contribution in [0, 0.1) is 0 Å². The third kappa shape index (κ3) is 4.19. The SMILES string of the molecule is COc1ccc(OC)c(NC(=O)SC(C)C)c1. The molecule has 1 aromatic carbocycles. The molecular formula is C12H17NO3S. The molecule has 1 aromatic rings. The van der Waals surface area contributed by atoms with Crippen molar-refractivity contribution in [2.45, 2.75) is 19.1 Å². The number of methoxy groups -OCH3 is 2. The lowest BCUT2D eigenvalue weighted by molar-refractivity contribution is 0.269. The fourth-order valence-electron chi connectivity index (χ4n) is 1.27. The first-order chi connectivity index (χ1) is 8.06. The van der Waals surface area contributed by atoms with Gasteiger partial charge in [0.05, 0.1) is 19.9 Å². The molecule has 0 atom stereocenters.